The Hall–Kier alpha value is -4.11. The molecule has 0 bridgehead atoms. The van der Waals surface area contributed by atoms with E-state index in [-0.39, 0.29) is 5.91 Å². The second kappa shape index (κ2) is 10.9. The SMILES string of the molecule is CN1CCCC(c2nc(-c3ccc(C(=O)Nc4ccccn4)cc3)c3c(N)nccn23)C1.O=CC1CC1. The van der Waals surface area contributed by atoms with Crippen LogP contribution in [0.3, 0.4) is 0 Å². The molecule has 9 nitrogen and oxygen atoms in total. The summed E-state index contributed by atoms with van der Waals surface area (Å²) in [7, 11) is 2.15. The highest BCUT2D eigenvalue weighted by Crippen LogP contribution is 2.33. The minimum atomic E-state index is -0.211. The van der Waals surface area contributed by atoms with Gasteiger partial charge in [0.1, 0.15) is 35.0 Å². The molecule has 2 aliphatic rings. The summed E-state index contributed by atoms with van der Waals surface area (Å²) in [6, 6.07) is 12.8. The van der Waals surface area contributed by atoms with Gasteiger partial charge in [-0.25, -0.2) is 15.0 Å². The molecule has 3 aromatic heterocycles. The number of pyridine rings is 1. The summed E-state index contributed by atoms with van der Waals surface area (Å²) < 4.78 is 2.07. The van der Waals surface area contributed by atoms with Gasteiger partial charge in [-0.3, -0.25) is 9.20 Å². The first-order valence-electron chi connectivity index (χ1n) is 12.6. The van der Waals surface area contributed by atoms with Crippen LogP contribution in [0.5, 0.6) is 0 Å². The number of aldehydes is 1. The monoisotopic (exact) mass is 497 g/mol. The predicted octanol–water partition coefficient (Wildman–Crippen LogP) is 4.03. The quantitative estimate of drug-likeness (QED) is 0.400. The van der Waals surface area contributed by atoms with Gasteiger partial charge in [0, 0.05) is 48.1 Å². The number of imidazole rings is 1. The number of hydrogen-bond donors (Lipinski definition) is 2. The molecule has 37 heavy (non-hydrogen) atoms. The van der Waals surface area contributed by atoms with Crippen molar-refractivity contribution in [2.24, 2.45) is 5.92 Å². The fourth-order valence-electron chi connectivity index (χ4n) is 4.59. The number of amides is 1. The number of likely N-dealkylation sites (N-methyl/N-ethyl adjacent to an activating group) is 1. The van der Waals surface area contributed by atoms with E-state index in [0.717, 1.165) is 67.7 Å². The number of rotatable bonds is 5. The zero-order valence-electron chi connectivity index (χ0n) is 20.9. The van der Waals surface area contributed by atoms with E-state index in [1.165, 1.54) is 0 Å². The smallest absolute Gasteiger partial charge is 0.256 e. The number of piperidine rings is 1. The Labute approximate surface area is 215 Å². The molecule has 1 atom stereocenters. The molecule has 1 aromatic carbocycles. The van der Waals surface area contributed by atoms with Gasteiger partial charge in [-0.2, -0.15) is 0 Å². The van der Waals surface area contributed by atoms with E-state index in [9.17, 15) is 9.59 Å². The molecule has 0 radical (unpaired) electrons. The number of anilines is 2. The topological polar surface area (TPSA) is 119 Å². The molecule has 1 unspecified atom stereocenters. The largest absolute Gasteiger partial charge is 0.382 e. The Morgan fingerprint density at radius 3 is 2.54 bits per heavy atom. The second-order valence-corrected chi connectivity index (χ2v) is 9.67. The van der Waals surface area contributed by atoms with Gasteiger partial charge in [0.25, 0.3) is 5.91 Å². The van der Waals surface area contributed by atoms with Gasteiger partial charge in [-0.05, 0) is 63.5 Å². The summed E-state index contributed by atoms with van der Waals surface area (Å²) in [6.07, 6.45) is 10.8. The summed E-state index contributed by atoms with van der Waals surface area (Å²) in [5, 5.41) is 2.80. The highest BCUT2D eigenvalue weighted by molar-refractivity contribution is 6.04. The van der Waals surface area contributed by atoms with E-state index >= 15 is 0 Å². The van der Waals surface area contributed by atoms with Gasteiger partial charge >= 0.3 is 0 Å². The summed E-state index contributed by atoms with van der Waals surface area (Å²) in [5.74, 6) is 2.55. The number of carbonyl (C=O) groups excluding carboxylic acids is 2. The Balaban J connectivity index is 0.000000503. The summed E-state index contributed by atoms with van der Waals surface area (Å²) >= 11 is 0. The van der Waals surface area contributed by atoms with Gasteiger partial charge in [-0.1, -0.05) is 18.2 Å². The first-order valence-corrected chi connectivity index (χ1v) is 12.6. The van der Waals surface area contributed by atoms with Crippen molar-refractivity contribution in [2.45, 2.75) is 31.6 Å². The summed E-state index contributed by atoms with van der Waals surface area (Å²) in [5.41, 5.74) is 9.31. The van der Waals surface area contributed by atoms with Crippen molar-refractivity contribution in [3.8, 4) is 11.3 Å². The van der Waals surface area contributed by atoms with E-state index in [2.05, 4.69) is 31.6 Å². The lowest BCUT2D eigenvalue weighted by Gasteiger charge is -2.28. The van der Waals surface area contributed by atoms with E-state index in [4.69, 9.17) is 10.7 Å². The molecule has 1 saturated heterocycles. The maximum absolute atomic E-state index is 12.6. The number of likely N-dealkylation sites (tertiary alicyclic amines) is 1. The van der Waals surface area contributed by atoms with Crippen LogP contribution in [0.15, 0.2) is 61.1 Å². The fourth-order valence-corrected chi connectivity index (χ4v) is 4.59. The minimum Gasteiger partial charge on any atom is -0.382 e. The van der Waals surface area contributed by atoms with Crippen LogP contribution in [0.4, 0.5) is 11.6 Å². The van der Waals surface area contributed by atoms with Gasteiger partial charge < -0.3 is 20.7 Å². The number of nitrogens with two attached hydrogens (primary N) is 1. The van der Waals surface area contributed by atoms with Crippen LogP contribution in [0, 0.1) is 5.92 Å². The number of nitrogens with zero attached hydrogens (tertiary/aromatic N) is 5. The number of carbonyl (C=O) groups is 2. The second-order valence-electron chi connectivity index (χ2n) is 9.67. The first-order chi connectivity index (χ1) is 18.0. The number of nitrogen functional groups attached to an aromatic ring is 1. The molecule has 2 fully saturated rings. The third-order valence-electron chi connectivity index (χ3n) is 6.74. The van der Waals surface area contributed by atoms with Crippen LogP contribution >= 0.6 is 0 Å². The lowest BCUT2D eigenvalue weighted by Crippen LogP contribution is -2.31. The lowest BCUT2D eigenvalue weighted by molar-refractivity contribution is -0.108. The Morgan fingerprint density at radius 1 is 1.08 bits per heavy atom. The molecular formula is C28H31N7O2. The Morgan fingerprint density at radius 2 is 1.89 bits per heavy atom. The van der Waals surface area contributed by atoms with Gasteiger partial charge in [0.15, 0.2) is 0 Å². The molecule has 1 saturated carbocycles. The number of aromatic nitrogens is 4. The van der Waals surface area contributed by atoms with E-state index in [0.29, 0.717) is 29.0 Å². The van der Waals surface area contributed by atoms with Crippen LogP contribution in [0.2, 0.25) is 0 Å². The molecule has 4 heterocycles. The van der Waals surface area contributed by atoms with Gasteiger partial charge in [0.2, 0.25) is 0 Å². The predicted molar refractivity (Wildman–Crippen MR) is 143 cm³/mol. The van der Waals surface area contributed by atoms with Crippen molar-refractivity contribution >= 4 is 29.3 Å². The van der Waals surface area contributed by atoms with E-state index in [1.807, 2.05) is 24.4 Å². The molecular weight excluding hydrogens is 466 g/mol. The van der Waals surface area contributed by atoms with Crippen LogP contribution in [0.1, 0.15) is 47.8 Å². The molecule has 4 aromatic rings. The van der Waals surface area contributed by atoms with E-state index in [1.54, 1.807) is 36.7 Å². The molecule has 1 aliphatic carbocycles. The molecule has 1 amide bonds. The molecule has 0 spiro atoms. The lowest BCUT2D eigenvalue weighted by atomic mass is 9.98. The van der Waals surface area contributed by atoms with Crippen molar-refractivity contribution in [1.82, 2.24) is 24.3 Å². The van der Waals surface area contributed by atoms with Crippen molar-refractivity contribution in [3.63, 3.8) is 0 Å². The maximum Gasteiger partial charge on any atom is 0.256 e. The van der Waals surface area contributed by atoms with Gasteiger partial charge in [0.05, 0.1) is 0 Å². The van der Waals surface area contributed by atoms with Crippen molar-refractivity contribution in [1.29, 1.82) is 0 Å². The minimum absolute atomic E-state index is 0.211. The summed E-state index contributed by atoms with van der Waals surface area (Å²) in [4.78, 5) is 37.9. The maximum atomic E-state index is 12.6. The van der Waals surface area contributed by atoms with Crippen LogP contribution in [0.25, 0.3) is 16.8 Å². The molecule has 3 N–H and O–H groups in total. The molecule has 9 heteroatoms. The Kier molecular flexibility index (Phi) is 7.23. The summed E-state index contributed by atoms with van der Waals surface area (Å²) in [6.45, 7) is 2.08. The van der Waals surface area contributed by atoms with Crippen molar-refractivity contribution in [2.75, 3.05) is 31.2 Å². The average molecular weight is 498 g/mol. The van der Waals surface area contributed by atoms with Crippen molar-refractivity contribution in [3.05, 3.63) is 72.4 Å². The zero-order chi connectivity index (χ0) is 25.8. The average Bonchev–Trinajstić information content (AvgIpc) is 3.69. The van der Waals surface area contributed by atoms with Crippen LogP contribution in [-0.4, -0.2) is 56.6 Å². The third kappa shape index (κ3) is 5.67. The van der Waals surface area contributed by atoms with Crippen LogP contribution in [-0.2, 0) is 4.79 Å². The molecule has 1 aliphatic heterocycles. The molecule has 6 rings (SSSR count). The van der Waals surface area contributed by atoms with Gasteiger partial charge in [-0.15, -0.1) is 0 Å². The standard InChI is InChI=1S/C24H25N7O.C4H6O/c1-30-13-4-5-18(15-30)23-29-20(21-22(25)27-12-14-31(21)23)16-7-9-17(10-8-16)24(32)28-19-6-2-3-11-26-19;5-3-4-1-2-4/h2-3,6-12,14,18H,4-5,13,15H2,1H3,(H2,25,27)(H,26,28,32);3-4H,1-2H2. The normalized spacial score (nSPS) is 17.6. The van der Waals surface area contributed by atoms with Crippen LogP contribution < -0.4 is 11.1 Å². The first kappa shape index (κ1) is 24.6. The van der Waals surface area contributed by atoms with Crippen molar-refractivity contribution < 1.29 is 9.59 Å². The highest BCUT2D eigenvalue weighted by atomic mass is 16.1. The number of fused-ring (bicyclic) bond motifs is 1. The molecule has 190 valence electrons. The highest BCUT2D eigenvalue weighted by Gasteiger charge is 2.26. The number of benzene rings is 1. The number of hydrogen-bond acceptors (Lipinski definition) is 7. The third-order valence-corrected chi connectivity index (χ3v) is 6.74. The number of nitrogens with one attached hydrogen (secondary N) is 1. The fraction of sp³-hybridized carbons (Fsp3) is 0.321. The zero-order valence-corrected chi connectivity index (χ0v) is 20.9. The van der Waals surface area contributed by atoms with E-state index < -0.39 is 0 Å². The Bertz CT molecular complexity index is 1380.